The summed E-state index contributed by atoms with van der Waals surface area (Å²) in [5.74, 6) is -0.982. The summed E-state index contributed by atoms with van der Waals surface area (Å²) < 4.78 is 5.29. The molecule has 1 atom stereocenters. The predicted molar refractivity (Wildman–Crippen MR) is 116 cm³/mol. The van der Waals surface area contributed by atoms with E-state index in [0.717, 1.165) is 16.7 Å². The minimum atomic E-state index is -0.946. The average molecular weight is 412 g/mol. The molecule has 0 unspecified atom stereocenters. The smallest absolute Gasteiger partial charge is 0.338 e. The van der Waals surface area contributed by atoms with E-state index in [2.05, 4.69) is 16.0 Å². The molecule has 2 aromatic carbocycles. The number of urea groups is 1. The number of carbonyl (C=O) groups excluding carboxylic acids is 3. The Morgan fingerprint density at radius 1 is 0.967 bits per heavy atom. The quantitative estimate of drug-likeness (QED) is 0.605. The summed E-state index contributed by atoms with van der Waals surface area (Å²) in [7, 11) is 0. The van der Waals surface area contributed by atoms with Gasteiger partial charge in [-0.15, -0.1) is 0 Å². The number of hydrogen-bond acceptors (Lipinski definition) is 4. The van der Waals surface area contributed by atoms with Gasteiger partial charge in [-0.1, -0.05) is 24.3 Å². The minimum absolute atomic E-state index is 0.0520. The lowest BCUT2D eigenvalue weighted by molar-refractivity contribution is -0.123. The molecule has 0 heterocycles. The highest BCUT2D eigenvalue weighted by Gasteiger charge is 2.19. The molecule has 160 valence electrons. The minimum Gasteiger partial charge on any atom is -0.449 e. The molecular weight excluding hydrogens is 382 g/mol. The van der Waals surface area contributed by atoms with E-state index in [1.54, 1.807) is 24.3 Å². The SMILES string of the molecule is Cc1ccc(C)c(NC(=O)[C@@H](C)OC(=O)c2ccc(CNC(=O)NC(C)C)cc2)c1. The highest BCUT2D eigenvalue weighted by Crippen LogP contribution is 2.17. The van der Waals surface area contributed by atoms with E-state index < -0.39 is 18.0 Å². The van der Waals surface area contributed by atoms with E-state index in [4.69, 9.17) is 4.74 Å². The largest absolute Gasteiger partial charge is 0.449 e. The first kappa shape index (κ1) is 22.9. The summed E-state index contributed by atoms with van der Waals surface area (Å²) in [6, 6.07) is 12.2. The van der Waals surface area contributed by atoms with Gasteiger partial charge in [0.2, 0.25) is 0 Å². The van der Waals surface area contributed by atoms with Crippen LogP contribution in [0.15, 0.2) is 42.5 Å². The van der Waals surface area contributed by atoms with Crippen molar-refractivity contribution in [3.63, 3.8) is 0 Å². The van der Waals surface area contributed by atoms with Crippen molar-refractivity contribution in [1.29, 1.82) is 0 Å². The van der Waals surface area contributed by atoms with Crippen molar-refractivity contribution >= 4 is 23.6 Å². The van der Waals surface area contributed by atoms with E-state index in [-0.39, 0.29) is 12.1 Å². The topological polar surface area (TPSA) is 96.5 Å². The van der Waals surface area contributed by atoms with Gasteiger partial charge in [-0.05, 0) is 69.5 Å². The Bertz CT molecular complexity index is 907. The predicted octanol–water partition coefficient (Wildman–Crippen LogP) is 3.70. The van der Waals surface area contributed by atoms with Gasteiger partial charge in [0.1, 0.15) is 0 Å². The second-order valence-electron chi connectivity index (χ2n) is 7.53. The van der Waals surface area contributed by atoms with Crippen LogP contribution in [0.25, 0.3) is 0 Å². The number of anilines is 1. The van der Waals surface area contributed by atoms with Crippen molar-refractivity contribution in [1.82, 2.24) is 10.6 Å². The monoisotopic (exact) mass is 411 g/mol. The van der Waals surface area contributed by atoms with E-state index in [1.165, 1.54) is 6.92 Å². The Kier molecular flexibility index (Phi) is 7.98. The summed E-state index contributed by atoms with van der Waals surface area (Å²) in [4.78, 5) is 36.4. The van der Waals surface area contributed by atoms with Crippen molar-refractivity contribution in [2.24, 2.45) is 0 Å². The molecular formula is C23H29N3O4. The molecule has 3 N–H and O–H groups in total. The van der Waals surface area contributed by atoms with Crippen LogP contribution in [0.5, 0.6) is 0 Å². The van der Waals surface area contributed by atoms with Crippen LogP contribution in [-0.2, 0) is 16.1 Å². The maximum atomic E-state index is 12.4. The molecule has 0 radical (unpaired) electrons. The fourth-order valence-electron chi connectivity index (χ4n) is 2.64. The van der Waals surface area contributed by atoms with Gasteiger partial charge in [0.25, 0.3) is 5.91 Å². The van der Waals surface area contributed by atoms with Crippen molar-refractivity contribution in [2.45, 2.75) is 53.3 Å². The number of ether oxygens (including phenoxy) is 1. The van der Waals surface area contributed by atoms with Crippen molar-refractivity contribution < 1.29 is 19.1 Å². The first-order chi connectivity index (χ1) is 14.2. The Labute approximate surface area is 177 Å². The van der Waals surface area contributed by atoms with Gasteiger partial charge in [-0.2, -0.15) is 0 Å². The number of benzene rings is 2. The lowest BCUT2D eigenvalue weighted by Crippen LogP contribution is -2.39. The van der Waals surface area contributed by atoms with Gasteiger partial charge in [-0.25, -0.2) is 9.59 Å². The van der Waals surface area contributed by atoms with E-state index >= 15 is 0 Å². The molecule has 2 aromatic rings. The maximum Gasteiger partial charge on any atom is 0.338 e. The summed E-state index contributed by atoms with van der Waals surface area (Å²) in [6.07, 6.45) is -0.946. The van der Waals surface area contributed by atoms with E-state index in [0.29, 0.717) is 17.8 Å². The zero-order chi connectivity index (χ0) is 22.3. The molecule has 0 spiro atoms. The van der Waals surface area contributed by atoms with Gasteiger partial charge < -0.3 is 20.7 Å². The first-order valence-electron chi connectivity index (χ1n) is 9.88. The number of nitrogens with one attached hydrogen (secondary N) is 3. The van der Waals surface area contributed by atoms with Gasteiger partial charge >= 0.3 is 12.0 Å². The number of rotatable bonds is 7. The Balaban J connectivity index is 1.89. The molecule has 2 rings (SSSR count). The van der Waals surface area contributed by atoms with Crippen LogP contribution >= 0.6 is 0 Å². The third-order valence-electron chi connectivity index (χ3n) is 4.37. The highest BCUT2D eigenvalue weighted by atomic mass is 16.5. The van der Waals surface area contributed by atoms with Crippen molar-refractivity contribution in [2.75, 3.05) is 5.32 Å². The summed E-state index contributed by atoms with van der Waals surface area (Å²) in [6.45, 7) is 9.46. The molecule has 30 heavy (non-hydrogen) atoms. The van der Waals surface area contributed by atoms with Gasteiger partial charge in [0.05, 0.1) is 5.56 Å². The Hall–Kier alpha value is -3.35. The highest BCUT2D eigenvalue weighted by molar-refractivity contribution is 5.97. The Morgan fingerprint density at radius 2 is 1.63 bits per heavy atom. The number of carbonyl (C=O) groups is 3. The number of esters is 1. The fraction of sp³-hybridized carbons (Fsp3) is 0.348. The molecule has 0 saturated heterocycles. The number of aryl methyl sites for hydroxylation is 2. The number of amides is 3. The molecule has 0 bridgehead atoms. The van der Waals surface area contributed by atoms with Crippen LogP contribution in [-0.4, -0.2) is 30.1 Å². The Morgan fingerprint density at radius 3 is 2.27 bits per heavy atom. The zero-order valence-corrected chi connectivity index (χ0v) is 18.0. The molecule has 0 aliphatic carbocycles. The molecule has 3 amide bonds. The second-order valence-corrected chi connectivity index (χ2v) is 7.53. The fourth-order valence-corrected chi connectivity index (χ4v) is 2.64. The van der Waals surface area contributed by atoms with Crippen LogP contribution in [0.4, 0.5) is 10.5 Å². The molecule has 0 fully saturated rings. The lowest BCUT2D eigenvalue weighted by Gasteiger charge is -2.15. The molecule has 7 nitrogen and oxygen atoms in total. The van der Waals surface area contributed by atoms with E-state index in [1.807, 2.05) is 45.9 Å². The number of hydrogen-bond donors (Lipinski definition) is 3. The molecule has 0 aliphatic heterocycles. The van der Waals surface area contributed by atoms with Gasteiger partial charge in [0, 0.05) is 18.3 Å². The van der Waals surface area contributed by atoms with Crippen LogP contribution in [0.2, 0.25) is 0 Å². The first-order valence-corrected chi connectivity index (χ1v) is 9.88. The van der Waals surface area contributed by atoms with Crippen molar-refractivity contribution in [3.05, 3.63) is 64.7 Å². The van der Waals surface area contributed by atoms with Crippen LogP contribution in [0, 0.1) is 13.8 Å². The molecule has 7 heteroatoms. The maximum absolute atomic E-state index is 12.4. The second kappa shape index (κ2) is 10.4. The lowest BCUT2D eigenvalue weighted by atomic mass is 10.1. The third kappa shape index (κ3) is 6.92. The molecule has 0 aliphatic rings. The normalized spacial score (nSPS) is 11.5. The van der Waals surface area contributed by atoms with Crippen LogP contribution < -0.4 is 16.0 Å². The zero-order valence-electron chi connectivity index (χ0n) is 18.0. The van der Waals surface area contributed by atoms with Crippen LogP contribution in [0.1, 0.15) is 47.8 Å². The summed E-state index contributed by atoms with van der Waals surface area (Å²) in [5, 5.41) is 8.27. The molecule has 0 aromatic heterocycles. The van der Waals surface area contributed by atoms with Gasteiger partial charge in [-0.3, -0.25) is 4.79 Å². The summed E-state index contributed by atoms with van der Waals surface area (Å²) >= 11 is 0. The third-order valence-corrected chi connectivity index (χ3v) is 4.37. The molecule has 0 saturated carbocycles. The standard InChI is InChI=1S/C23H29N3O4/c1-14(2)25-23(29)24-13-18-8-10-19(11-9-18)22(28)30-17(5)21(27)26-20-12-15(3)6-7-16(20)4/h6-12,14,17H,13H2,1-5H3,(H,26,27)(H2,24,25,29)/t17-/m1/s1. The van der Waals surface area contributed by atoms with Crippen molar-refractivity contribution in [3.8, 4) is 0 Å². The van der Waals surface area contributed by atoms with Crippen LogP contribution in [0.3, 0.4) is 0 Å². The average Bonchev–Trinajstić information content (AvgIpc) is 2.69. The van der Waals surface area contributed by atoms with E-state index in [9.17, 15) is 14.4 Å². The summed E-state index contributed by atoms with van der Waals surface area (Å²) in [5.41, 5.74) is 3.82. The van der Waals surface area contributed by atoms with Gasteiger partial charge in [0.15, 0.2) is 6.10 Å².